The third-order valence-electron chi connectivity index (χ3n) is 4.36. The molecule has 0 heterocycles. The molecule has 0 bridgehead atoms. The van der Waals surface area contributed by atoms with E-state index in [1.54, 1.807) is 0 Å². The van der Waals surface area contributed by atoms with Crippen molar-refractivity contribution in [3.63, 3.8) is 0 Å². The molecule has 0 N–H and O–H groups in total. The van der Waals surface area contributed by atoms with Gasteiger partial charge in [-0.05, 0) is 45.2 Å². The highest BCUT2D eigenvalue weighted by atomic mass is 16.6. The van der Waals surface area contributed by atoms with E-state index in [0.29, 0.717) is 0 Å². The summed E-state index contributed by atoms with van der Waals surface area (Å²) in [5, 5.41) is 0. The van der Waals surface area contributed by atoms with Gasteiger partial charge in [0.2, 0.25) is 0 Å². The molecule has 0 saturated heterocycles. The fourth-order valence-corrected chi connectivity index (χ4v) is 2.68. The number of benzene rings is 1. The van der Waals surface area contributed by atoms with Crippen LogP contribution in [0.4, 0.5) is 0 Å². The highest BCUT2D eigenvalue weighted by Gasteiger charge is 2.52. The number of hydrogen-bond donors (Lipinski definition) is 0. The van der Waals surface area contributed by atoms with E-state index >= 15 is 0 Å². The molecule has 2 heteroatoms. The second-order valence-electron chi connectivity index (χ2n) is 7.39. The lowest BCUT2D eigenvalue weighted by atomic mass is 9.76. The van der Waals surface area contributed by atoms with Crippen LogP contribution >= 0.6 is 0 Å². The normalized spacial score (nSPS) is 24.9. The Morgan fingerprint density at radius 3 is 2.32 bits per heavy atom. The third kappa shape index (κ3) is 2.18. The Morgan fingerprint density at radius 1 is 1.16 bits per heavy atom. The average Bonchev–Trinajstić information content (AvgIpc) is 2.46. The minimum absolute atomic E-state index is 0.0857. The fraction of sp³-hybridized carbons (Fsp3) is 0.588. The van der Waals surface area contributed by atoms with Gasteiger partial charge in [-0.15, -0.1) is 0 Å². The summed E-state index contributed by atoms with van der Waals surface area (Å²) >= 11 is 0. The van der Waals surface area contributed by atoms with Gasteiger partial charge in [0.15, 0.2) is 0 Å². The smallest absolute Gasteiger partial charge is 0.312 e. The Morgan fingerprint density at radius 2 is 1.74 bits per heavy atom. The second kappa shape index (κ2) is 4.09. The molecule has 2 nitrogen and oxygen atoms in total. The van der Waals surface area contributed by atoms with Gasteiger partial charge in [-0.25, -0.2) is 0 Å². The van der Waals surface area contributed by atoms with Crippen LogP contribution in [0.1, 0.15) is 52.7 Å². The quantitative estimate of drug-likeness (QED) is 0.711. The number of carbonyl (C=O) groups excluding carboxylic acids is 1. The zero-order valence-electron chi connectivity index (χ0n) is 12.8. The van der Waals surface area contributed by atoms with Crippen molar-refractivity contribution in [2.45, 2.75) is 53.6 Å². The van der Waals surface area contributed by atoms with Gasteiger partial charge in [0.05, 0.1) is 5.41 Å². The third-order valence-corrected chi connectivity index (χ3v) is 4.36. The molecule has 1 aromatic carbocycles. The molecular formula is C17H24O2. The van der Waals surface area contributed by atoms with E-state index in [4.69, 9.17) is 4.74 Å². The monoisotopic (exact) mass is 260 g/mol. The Balaban J connectivity index is 2.43. The first-order chi connectivity index (χ1) is 8.58. The lowest BCUT2D eigenvalue weighted by molar-refractivity contribution is -0.181. The Bertz CT molecular complexity index is 508. The van der Waals surface area contributed by atoms with Crippen LogP contribution in [0.3, 0.4) is 0 Å². The van der Waals surface area contributed by atoms with Crippen LogP contribution in [0.15, 0.2) is 24.3 Å². The summed E-state index contributed by atoms with van der Waals surface area (Å²) < 4.78 is 5.97. The van der Waals surface area contributed by atoms with Crippen LogP contribution in [0.25, 0.3) is 0 Å². The fourth-order valence-electron chi connectivity index (χ4n) is 2.68. The largest absolute Gasteiger partial charge is 0.453 e. The van der Waals surface area contributed by atoms with Crippen LogP contribution in [0.5, 0.6) is 0 Å². The second-order valence-corrected chi connectivity index (χ2v) is 7.39. The summed E-state index contributed by atoms with van der Waals surface area (Å²) in [6, 6.07) is 8.28. The van der Waals surface area contributed by atoms with Crippen molar-refractivity contribution in [3.05, 3.63) is 35.4 Å². The Hall–Kier alpha value is -1.31. The zero-order chi connectivity index (χ0) is 14.5. The van der Waals surface area contributed by atoms with Gasteiger partial charge in [0.25, 0.3) is 0 Å². The summed E-state index contributed by atoms with van der Waals surface area (Å²) in [4.78, 5) is 12.3. The summed E-state index contributed by atoms with van der Waals surface area (Å²) in [6.07, 6.45) is 0.942. The topological polar surface area (TPSA) is 26.3 Å². The van der Waals surface area contributed by atoms with Crippen molar-refractivity contribution in [1.29, 1.82) is 0 Å². The summed E-state index contributed by atoms with van der Waals surface area (Å²) in [5.41, 5.74) is 1.33. The molecule has 1 aliphatic carbocycles. The molecule has 0 aromatic heterocycles. The van der Waals surface area contributed by atoms with Gasteiger partial charge in [0.1, 0.15) is 5.60 Å². The minimum atomic E-state index is -0.548. The zero-order valence-corrected chi connectivity index (χ0v) is 12.8. The number of ether oxygens (including phenoxy) is 1. The molecule has 1 unspecified atom stereocenters. The molecule has 0 aliphatic heterocycles. The van der Waals surface area contributed by atoms with E-state index in [2.05, 4.69) is 26.0 Å². The lowest BCUT2D eigenvalue weighted by Crippen LogP contribution is -2.42. The molecular weight excluding hydrogens is 236 g/mol. The number of hydrogen-bond acceptors (Lipinski definition) is 2. The molecule has 19 heavy (non-hydrogen) atoms. The van der Waals surface area contributed by atoms with Crippen LogP contribution in [0.2, 0.25) is 0 Å². The first-order valence-corrected chi connectivity index (χ1v) is 6.90. The molecule has 0 saturated carbocycles. The van der Waals surface area contributed by atoms with Gasteiger partial charge in [-0.3, -0.25) is 4.79 Å². The van der Waals surface area contributed by atoms with Gasteiger partial charge in [-0.2, -0.15) is 0 Å². The van der Waals surface area contributed by atoms with Crippen LogP contribution < -0.4 is 0 Å². The molecule has 0 radical (unpaired) electrons. The van der Waals surface area contributed by atoms with Crippen molar-refractivity contribution in [1.82, 2.24) is 0 Å². The number of rotatable bonds is 1. The number of fused-ring (bicyclic) bond motifs is 1. The van der Waals surface area contributed by atoms with Crippen LogP contribution in [-0.4, -0.2) is 5.97 Å². The van der Waals surface area contributed by atoms with Gasteiger partial charge in [0, 0.05) is 5.41 Å². The Labute approximate surface area is 116 Å². The van der Waals surface area contributed by atoms with Crippen molar-refractivity contribution in [2.75, 3.05) is 0 Å². The predicted octanol–water partition coefficient (Wildman–Crippen LogP) is 4.07. The van der Waals surface area contributed by atoms with Gasteiger partial charge < -0.3 is 4.74 Å². The van der Waals surface area contributed by atoms with E-state index in [9.17, 15) is 4.79 Å². The van der Waals surface area contributed by atoms with Crippen LogP contribution in [-0.2, 0) is 21.6 Å². The maximum Gasteiger partial charge on any atom is 0.312 e. The van der Waals surface area contributed by atoms with Crippen molar-refractivity contribution in [3.8, 4) is 0 Å². The van der Waals surface area contributed by atoms with E-state index in [1.165, 1.54) is 5.56 Å². The average molecular weight is 260 g/mol. The van der Waals surface area contributed by atoms with Gasteiger partial charge in [-0.1, -0.05) is 38.1 Å². The van der Waals surface area contributed by atoms with E-state index in [1.807, 2.05) is 39.8 Å². The molecule has 1 aromatic rings. The molecule has 1 atom stereocenters. The molecule has 1 aliphatic rings. The predicted molar refractivity (Wildman–Crippen MR) is 76.8 cm³/mol. The first kappa shape index (κ1) is 14.1. The molecule has 2 rings (SSSR count). The molecule has 104 valence electrons. The highest BCUT2D eigenvalue weighted by Crippen LogP contribution is 2.52. The summed E-state index contributed by atoms with van der Waals surface area (Å²) in [7, 11) is 0. The van der Waals surface area contributed by atoms with E-state index in [-0.39, 0.29) is 11.4 Å². The van der Waals surface area contributed by atoms with E-state index in [0.717, 1.165) is 12.0 Å². The summed E-state index contributed by atoms with van der Waals surface area (Å²) in [6.45, 7) is 12.1. The van der Waals surface area contributed by atoms with Crippen LogP contribution in [0, 0.1) is 10.8 Å². The van der Waals surface area contributed by atoms with Gasteiger partial charge >= 0.3 is 5.97 Å². The SMILES string of the molecule is CC(C)(C)C(=O)OC1(C)c2ccccc2CC1(C)C. The first-order valence-electron chi connectivity index (χ1n) is 6.90. The maximum absolute atomic E-state index is 12.3. The number of carbonyl (C=O) groups is 1. The molecule has 0 amide bonds. The summed E-state index contributed by atoms with van der Waals surface area (Å²) in [5.74, 6) is -0.139. The molecule has 0 spiro atoms. The van der Waals surface area contributed by atoms with E-state index < -0.39 is 11.0 Å². The standard InChI is InChI=1S/C17H24O2/c1-15(2,3)14(18)19-17(6)13-10-8-7-9-12(13)11-16(17,4)5/h7-10H,11H2,1-6H3. The minimum Gasteiger partial charge on any atom is -0.453 e. The number of esters is 1. The lowest BCUT2D eigenvalue weighted by Gasteiger charge is -2.40. The van der Waals surface area contributed by atoms with Crippen molar-refractivity contribution in [2.24, 2.45) is 10.8 Å². The maximum atomic E-state index is 12.3. The van der Waals surface area contributed by atoms with Crippen molar-refractivity contribution < 1.29 is 9.53 Å². The van der Waals surface area contributed by atoms with Crippen molar-refractivity contribution >= 4 is 5.97 Å². The highest BCUT2D eigenvalue weighted by molar-refractivity contribution is 5.76. The molecule has 0 fully saturated rings. The Kier molecular flexibility index (Phi) is 3.04.